The topological polar surface area (TPSA) is 55.6 Å². The first-order valence-electron chi connectivity index (χ1n) is 6.97. The summed E-state index contributed by atoms with van der Waals surface area (Å²) in [5, 5.41) is 4.05. The molecule has 1 aromatic carbocycles. The van der Waals surface area contributed by atoms with Crippen LogP contribution in [0.2, 0.25) is 5.02 Å². The highest BCUT2D eigenvalue weighted by Gasteiger charge is 2.26. The Morgan fingerprint density at radius 3 is 2.95 bits per heavy atom. The number of benzene rings is 1. The van der Waals surface area contributed by atoms with Crippen molar-refractivity contribution in [3.05, 3.63) is 47.5 Å². The number of anilines is 1. The fourth-order valence-corrected chi connectivity index (χ4v) is 2.65. The van der Waals surface area contributed by atoms with E-state index in [1.54, 1.807) is 6.33 Å². The largest absolute Gasteiger partial charge is 0.364 e. The normalized spacial score (nSPS) is 14.5. The number of aromatic nitrogens is 4. The van der Waals surface area contributed by atoms with Gasteiger partial charge in [-0.25, -0.2) is 15.0 Å². The second-order valence-corrected chi connectivity index (χ2v) is 5.70. The van der Waals surface area contributed by atoms with Crippen molar-refractivity contribution in [2.24, 2.45) is 0 Å². The van der Waals surface area contributed by atoms with Crippen LogP contribution in [0.1, 0.15) is 24.4 Å². The second-order valence-electron chi connectivity index (χ2n) is 5.26. The molecule has 6 heteroatoms. The van der Waals surface area contributed by atoms with E-state index in [1.807, 2.05) is 30.6 Å². The average Bonchev–Trinajstić information content (AvgIpc) is 3.24. The summed E-state index contributed by atoms with van der Waals surface area (Å²) >= 11 is 6.00. The van der Waals surface area contributed by atoms with Crippen LogP contribution in [0.3, 0.4) is 0 Å². The van der Waals surface area contributed by atoms with E-state index in [4.69, 9.17) is 11.6 Å². The fraction of sp³-hybridized carbons (Fsp3) is 0.267. The molecule has 0 saturated heterocycles. The van der Waals surface area contributed by atoms with Gasteiger partial charge in [-0.1, -0.05) is 23.7 Å². The third-order valence-corrected chi connectivity index (χ3v) is 3.88. The number of imidazole rings is 1. The van der Waals surface area contributed by atoms with E-state index in [-0.39, 0.29) is 0 Å². The Kier molecular flexibility index (Phi) is 3.00. The van der Waals surface area contributed by atoms with Gasteiger partial charge in [-0.3, -0.25) is 0 Å². The molecule has 0 unspecified atom stereocenters. The van der Waals surface area contributed by atoms with Crippen molar-refractivity contribution in [3.8, 4) is 0 Å². The molecule has 106 valence electrons. The molecule has 0 amide bonds. The molecule has 2 heterocycles. The smallest absolute Gasteiger partial charge is 0.165 e. The number of rotatable bonds is 4. The van der Waals surface area contributed by atoms with Crippen LogP contribution in [-0.2, 0) is 6.54 Å². The van der Waals surface area contributed by atoms with E-state index in [0.29, 0.717) is 12.6 Å². The lowest BCUT2D eigenvalue weighted by Gasteiger charge is -2.07. The first-order chi connectivity index (χ1) is 10.3. The summed E-state index contributed by atoms with van der Waals surface area (Å²) in [7, 11) is 0. The lowest BCUT2D eigenvalue weighted by Crippen LogP contribution is -2.03. The van der Waals surface area contributed by atoms with Crippen LogP contribution in [0.4, 0.5) is 5.82 Å². The molecule has 2 aromatic heterocycles. The van der Waals surface area contributed by atoms with Gasteiger partial charge < -0.3 is 9.88 Å². The van der Waals surface area contributed by atoms with E-state index < -0.39 is 0 Å². The number of fused-ring (bicyclic) bond motifs is 1. The number of nitrogens with zero attached hydrogens (tertiary/aromatic N) is 4. The van der Waals surface area contributed by atoms with Crippen molar-refractivity contribution in [1.82, 2.24) is 19.5 Å². The van der Waals surface area contributed by atoms with Gasteiger partial charge in [0, 0.05) is 17.6 Å². The Morgan fingerprint density at radius 1 is 1.24 bits per heavy atom. The van der Waals surface area contributed by atoms with E-state index in [2.05, 4.69) is 24.8 Å². The monoisotopic (exact) mass is 299 g/mol. The van der Waals surface area contributed by atoms with E-state index >= 15 is 0 Å². The second kappa shape index (κ2) is 5.00. The van der Waals surface area contributed by atoms with Crippen molar-refractivity contribution in [2.75, 3.05) is 5.32 Å². The van der Waals surface area contributed by atoms with E-state index in [1.165, 1.54) is 12.8 Å². The molecule has 0 aliphatic heterocycles. The Labute approximate surface area is 127 Å². The molecule has 1 N–H and O–H groups in total. The summed E-state index contributed by atoms with van der Waals surface area (Å²) in [5.41, 5.74) is 2.84. The summed E-state index contributed by atoms with van der Waals surface area (Å²) in [6.07, 6.45) is 5.87. The predicted molar refractivity (Wildman–Crippen MR) is 82.4 cm³/mol. The average molecular weight is 300 g/mol. The molecule has 0 radical (unpaired) electrons. The van der Waals surface area contributed by atoms with Crippen LogP contribution in [0, 0.1) is 0 Å². The Balaban J connectivity index is 1.61. The van der Waals surface area contributed by atoms with Crippen molar-refractivity contribution in [3.63, 3.8) is 0 Å². The maximum Gasteiger partial charge on any atom is 0.165 e. The Bertz CT molecular complexity index is 794. The van der Waals surface area contributed by atoms with Gasteiger partial charge in [0.15, 0.2) is 11.5 Å². The first-order valence-corrected chi connectivity index (χ1v) is 7.35. The van der Waals surface area contributed by atoms with Gasteiger partial charge in [-0.05, 0) is 30.5 Å². The van der Waals surface area contributed by atoms with Crippen LogP contribution in [0.25, 0.3) is 11.2 Å². The predicted octanol–water partition coefficient (Wildman–Crippen LogP) is 3.43. The highest BCUT2D eigenvalue weighted by atomic mass is 35.5. The molecule has 0 bridgehead atoms. The van der Waals surface area contributed by atoms with Gasteiger partial charge in [0.1, 0.15) is 11.8 Å². The zero-order valence-electron chi connectivity index (χ0n) is 11.3. The van der Waals surface area contributed by atoms with Gasteiger partial charge >= 0.3 is 0 Å². The molecule has 4 rings (SSSR count). The minimum atomic E-state index is 0.561. The zero-order chi connectivity index (χ0) is 14.2. The van der Waals surface area contributed by atoms with Gasteiger partial charge in [0.25, 0.3) is 0 Å². The zero-order valence-corrected chi connectivity index (χ0v) is 12.1. The molecule has 1 aliphatic carbocycles. The lowest BCUT2D eigenvalue weighted by atomic mass is 10.2. The molecule has 0 spiro atoms. The van der Waals surface area contributed by atoms with Crippen LogP contribution < -0.4 is 5.32 Å². The standard InChI is InChI=1S/C15H14ClN5/c16-11-3-1-2-10(6-11)7-17-14-13-15(19-8-18-14)21(9-20-13)12-4-5-12/h1-3,6,8-9,12H,4-5,7H2,(H,17,18,19). The van der Waals surface area contributed by atoms with Crippen LogP contribution in [0.5, 0.6) is 0 Å². The number of hydrogen-bond acceptors (Lipinski definition) is 4. The number of halogens is 1. The third kappa shape index (κ3) is 2.45. The van der Waals surface area contributed by atoms with Gasteiger partial charge in [-0.2, -0.15) is 0 Å². The highest BCUT2D eigenvalue weighted by Crippen LogP contribution is 2.37. The molecule has 0 atom stereocenters. The van der Waals surface area contributed by atoms with Gasteiger partial charge in [0.05, 0.1) is 6.33 Å². The summed E-state index contributed by atoms with van der Waals surface area (Å²) in [6, 6.07) is 8.34. The lowest BCUT2D eigenvalue weighted by molar-refractivity contribution is 0.756. The van der Waals surface area contributed by atoms with E-state index in [9.17, 15) is 0 Å². The molecule has 1 saturated carbocycles. The van der Waals surface area contributed by atoms with Crippen molar-refractivity contribution >= 4 is 28.6 Å². The van der Waals surface area contributed by atoms with Crippen LogP contribution >= 0.6 is 11.6 Å². The number of hydrogen-bond donors (Lipinski definition) is 1. The molecular weight excluding hydrogens is 286 g/mol. The minimum absolute atomic E-state index is 0.561. The van der Waals surface area contributed by atoms with Crippen molar-refractivity contribution in [2.45, 2.75) is 25.4 Å². The quantitative estimate of drug-likeness (QED) is 0.802. The van der Waals surface area contributed by atoms with Crippen molar-refractivity contribution in [1.29, 1.82) is 0 Å². The number of nitrogens with one attached hydrogen (secondary N) is 1. The van der Waals surface area contributed by atoms with E-state index in [0.717, 1.165) is 27.6 Å². The summed E-state index contributed by atoms with van der Waals surface area (Å²) in [6.45, 7) is 0.656. The summed E-state index contributed by atoms with van der Waals surface area (Å²) < 4.78 is 2.14. The molecule has 3 aromatic rings. The Hall–Kier alpha value is -2.14. The molecular formula is C15H14ClN5. The van der Waals surface area contributed by atoms with Crippen LogP contribution in [0.15, 0.2) is 36.9 Å². The van der Waals surface area contributed by atoms with Crippen molar-refractivity contribution < 1.29 is 0 Å². The fourth-order valence-electron chi connectivity index (χ4n) is 2.43. The highest BCUT2D eigenvalue weighted by molar-refractivity contribution is 6.30. The van der Waals surface area contributed by atoms with Crippen LogP contribution in [-0.4, -0.2) is 19.5 Å². The maximum absolute atomic E-state index is 6.00. The Morgan fingerprint density at radius 2 is 2.14 bits per heavy atom. The molecule has 1 fully saturated rings. The minimum Gasteiger partial charge on any atom is -0.364 e. The third-order valence-electron chi connectivity index (χ3n) is 3.65. The molecule has 1 aliphatic rings. The van der Waals surface area contributed by atoms with Gasteiger partial charge in [-0.15, -0.1) is 0 Å². The summed E-state index contributed by atoms with van der Waals surface area (Å²) in [4.78, 5) is 13.1. The molecule has 21 heavy (non-hydrogen) atoms. The maximum atomic E-state index is 6.00. The SMILES string of the molecule is Clc1cccc(CNc2ncnc3c2ncn3C2CC2)c1. The first kappa shape index (κ1) is 12.6. The molecule has 5 nitrogen and oxygen atoms in total. The summed E-state index contributed by atoms with van der Waals surface area (Å²) in [5.74, 6) is 0.763. The van der Waals surface area contributed by atoms with Gasteiger partial charge in [0.2, 0.25) is 0 Å².